The molecule has 1 aromatic carbocycles. The van der Waals surface area contributed by atoms with E-state index in [9.17, 15) is 0 Å². The zero-order valence-corrected chi connectivity index (χ0v) is 14.7. The van der Waals surface area contributed by atoms with E-state index in [0.29, 0.717) is 6.04 Å². The maximum Gasteiger partial charge on any atom is 0.0314 e. The van der Waals surface area contributed by atoms with Gasteiger partial charge in [0, 0.05) is 46.4 Å². The van der Waals surface area contributed by atoms with Crippen LogP contribution >= 0.6 is 27.3 Å². The molecule has 0 bridgehead atoms. The van der Waals surface area contributed by atoms with E-state index >= 15 is 0 Å². The highest BCUT2D eigenvalue weighted by Gasteiger charge is 2.22. The van der Waals surface area contributed by atoms with E-state index in [1.54, 1.807) is 0 Å². The van der Waals surface area contributed by atoms with E-state index in [1.807, 2.05) is 11.3 Å². The van der Waals surface area contributed by atoms with Gasteiger partial charge in [0.1, 0.15) is 0 Å². The quantitative estimate of drug-likeness (QED) is 0.855. The van der Waals surface area contributed by atoms with E-state index in [0.717, 1.165) is 19.6 Å². The molecule has 1 unspecified atom stereocenters. The van der Waals surface area contributed by atoms with Gasteiger partial charge in [0.2, 0.25) is 0 Å². The highest BCUT2D eigenvalue weighted by atomic mass is 79.9. The number of hydrogen-bond donors (Lipinski definition) is 1. The highest BCUT2D eigenvalue weighted by Crippen LogP contribution is 2.26. The van der Waals surface area contributed by atoms with Crippen LogP contribution in [0.2, 0.25) is 0 Å². The topological polar surface area (TPSA) is 15.3 Å². The summed E-state index contributed by atoms with van der Waals surface area (Å²) in [5.74, 6) is 0. The van der Waals surface area contributed by atoms with Crippen LogP contribution in [0.25, 0.3) is 0 Å². The molecule has 2 heterocycles. The fourth-order valence-corrected chi connectivity index (χ4v) is 4.39. The summed E-state index contributed by atoms with van der Waals surface area (Å²) in [7, 11) is 0. The summed E-state index contributed by atoms with van der Waals surface area (Å²) >= 11 is 5.47. The first-order valence-electron chi connectivity index (χ1n) is 7.45. The van der Waals surface area contributed by atoms with E-state index in [-0.39, 0.29) is 0 Å². The average molecular weight is 365 g/mol. The van der Waals surface area contributed by atoms with Crippen molar-refractivity contribution in [3.8, 4) is 0 Å². The van der Waals surface area contributed by atoms with Crippen LogP contribution in [-0.4, -0.2) is 24.0 Å². The van der Waals surface area contributed by atoms with Gasteiger partial charge in [-0.25, -0.2) is 0 Å². The van der Waals surface area contributed by atoms with Crippen LogP contribution in [0.4, 0.5) is 0 Å². The number of halogens is 1. The first-order valence-corrected chi connectivity index (χ1v) is 9.06. The minimum Gasteiger partial charge on any atom is -0.308 e. The number of hydrogen-bond acceptors (Lipinski definition) is 3. The summed E-state index contributed by atoms with van der Waals surface area (Å²) in [6, 6.07) is 13.6. The summed E-state index contributed by atoms with van der Waals surface area (Å²) in [6.07, 6.45) is 1.25. The molecule has 1 fully saturated rings. The molecule has 1 N–H and O–H groups in total. The molecule has 1 aromatic heterocycles. The number of thiophene rings is 1. The molecular formula is C17H21BrN2S. The maximum absolute atomic E-state index is 3.70. The molecule has 2 aromatic rings. The third kappa shape index (κ3) is 4.16. The third-order valence-electron chi connectivity index (χ3n) is 3.99. The molecule has 21 heavy (non-hydrogen) atoms. The van der Waals surface area contributed by atoms with Crippen LogP contribution in [0, 0.1) is 6.92 Å². The number of benzene rings is 1. The molecule has 0 saturated carbocycles. The van der Waals surface area contributed by atoms with E-state index in [4.69, 9.17) is 0 Å². The van der Waals surface area contributed by atoms with Gasteiger partial charge >= 0.3 is 0 Å². The third-order valence-corrected chi connectivity index (χ3v) is 6.13. The Morgan fingerprint density at radius 1 is 1.33 bits per heavy atom. The minimum atomic E-state index is 0.620. The summed E-state index contributed by atoms with van der Waals surface area (Å²) in [5.41, 5.74) is 1.41. The lowest BCUT2D eigenvalue weighted by Crippen LogP contribution is -2.31. The van der Waals surface area contributed by atoms with Gasteiger partial charge < -0.3 is 5.32 Å². The number of nitrogens with zero attached hydrogens (tertiary/aromatic N) is 1. The summed E-state index contributed by atoms with van der Waals surface area (Å²) in [5, 5.41) is 3.70. The van der Waals surface area contributed by atoms with Gasteiger partial charge in [-0.1, -0.05) is 30.3 Å². The van der Waals surface area contributed by atoms with Crippen LogP contribution in [-0.2, 0) is 13.1 Å². The smallest absolute Gasteiger partial charge is 0.0314 e. The zero-order valence-electron chi connectivity index (χ0n) is 12.3. The molecule has 3 rings (SSSR count). The van der Waals surface area contributed by atoms with Crippen molar-refractivity contribution < 1.29 is 0 Å². The summed E-state index contributed by atoms with van der Waals surface area (Å²) in [4.78, 5) is 5.33. The molecule has 0 radical (unpaired) electrons. The Morgan fingerprint density at radius 3 is 2.86 bits per heavy atom. The van der Waals surface area contributed by atoms with Gasteiger partial charge in [-0.05, 0) is 40.9 Å². The molecule has 0 amide bonds. The standard InChI is InChI=1S/C17H21BrN2S/c1-13-17(18)9-16(21-13)10-19-15-7-8-20(12-15)11-14-5-3-2-4-6-14/h2-6,9,15,19H,7-8,10-12H2,1H3. The van der Waals surface area contributed by atoms with E-state index in [2.05, 4.69) is 69.5 Å². The lowest BCUT2D eigenvalue weighted by atomic mass is 10.2. The maximum atomic E-state index is 3.70. The number of nitrogens with one attached hydrogen (secondary N) is 1. The van der Waals surface area contributed by atoms with Crippen molar-refractivity contribution >= 4 is 27.3 Å². The lowest BCUT2D eigenvalue weighted by molar-refractivity contribution is 0.320. The Balaban J connectivity index is 1.46. The van der Waals surface area contributed by atoms with Crippen molar-refractivity contribution in [1.82, 2.24) is 10.2 Å². The van der Waals surface area contributed by atoms with Crippen molar-refractivity contribution in [1.29, 1.82) is 0 Å². The van der Waals surface area contributed by atoms with Gasteiger partial charge in [0.05, 0.1) is 0 Å². The second kappa shape index (κ2) is 7.05. The molecule has 1 atom stereocenters. The van der Waals surface area contributed by atoms with Crippen molar-refractivity contribution in [3.05, 3.63) is 56.2 Å². The predicted molar refractivity (Wildman–Crippen MR) is 93.7 cm³/mol. The monoisotopic (exact) mass is 364 g/mol. The van der Waals surface area contributed by atoms with Gasteiger partial charge in [0.15, 0.2) is 0 Å². The van der Waals surface area contributed by atoms with Crippen LogP contribution in [0.15, 0.2) is 40.9 Å². The molecule has 1 aliphatic heterocycles. The molecule has 1 saturated heterocycles. The number of likely N-dealkylation sites (tertiary alicyclic amines) is 1. The highest BCUT2D eigenvalue weighted by molar-refractivity contribution is 9.10. The Hall–Kier alpha value is -0.680. The lowest BCUT2D eigenvalue weighted by Gasteiger charge is -2.16. The fourth-order valence-electron chi connectivity index (χ4n) is 2.83. The number of rotatable bonds is 5. The predicted octanol–water partition coefficient (Wildman–Crippen LogP) is 4.18. The average Bonchev–Trinajstić information content (AvgIpc) is 3.05. The Labute approximate surface area is 139 Å². The zero-order chi connectivity index (χ0) is 14.7. The van der Waals surface area contributed by atoms with Crippen molar-refractivity contribution in [2.24, 2.45) is 0 Å². The van der Waals surface area contributed by atoms with Crippen LogP contribution in [0.1, 0.15) is 21.7 Å². The molecule has 4 heteroatoms. The second-order valence-electron chi connectivity index (χ2n) is 5.70. The van der Waals surface area contributed by atoms with E-state index in [1.165, 1.54) is 32.8 Å². The molecule has 0 aliphatic carbocycles. The first kappa shape index (κ1) is 15.2. The van der Waals surface area contributed by atoms with Crippen LogP contribution < -0.4 is 5.32 Å². The van der Waals surface area contributed by atoms with Crippen LogP contribution in [0.3, 0.4) is 0 Å². The molecular weight excluding hydrogens is 344 g/mol. The SMILES string of the molecule is Cc1sc(CNC2CCN(Cc3ccccc3)C2)cc1Br. The van der Waals surface area contributed by atoms with Gasteiger partial charge in [-0.2, -0.15) is 0 Å². The summed E-state index contributed by atoms with van der Waals surface area (Å²) in [6.45, 7) is 6.57. The molecule has 2 nitrogen and oxygen atoms in total. The van der Waals surface area contributed by atoms with Crippen molar-refractivity contribution in [2.45, 2.75) is 32.5 Å². The molecule has 112 valence electrons. The van der Waals surface area contributed by atoms with Crippen molar-refractivity contribution in [3.63, 3.8) is 0 Å². The Bertz CT molecular complexity index is 562. The summed E-state index contributed by atoms with van der Waals surface area (Å²) < 4.78 is 1.24. The number of aryl methyl sites for hydroxylation is 1. The van der Waals surface area contributed by atoms with Gasteiger partial charge in [-0.15, -0.1) is 11.3 Å². The van der Waals surface area contributed by atoms with Gasteiger partial charge in [-0.3, -0.25) is 4.90 Å². The molecule has 0 spiro atoms. The Morgan fingerprint density at radius 2 is 2.14 bits per heavy atom. The Kier molecular flexibility index (Phi) is 5.11. The van der Waals surface area contributed by atoms with E-state index < -0.39 is 0 Å². The largest absolute Gasteiger partial charge is 0.308 e. The normalized spacial score (nSPS) is 19.2. The van der Waals surface area contributed by atoms with Crippen molar-refractivity contribution in [2.75, 3.05) is 13.1 Å². The molecule has 1 aliphatic rings. The first-order chi connectivity index (χ1) is 10.2. The fraction of sp³-hybridized carbons (Fsp3) is 0.412. The second-order valence-corrected chi connectivity index (χ2v) is 7.90. The van der Waals surface area contributed by atoms with Gasteiger partial charge in [0.25, 0.3) is 0 Å². The van der Waals surface area contributed by atoms with Crippen LogP contribution in [0.5, 0.6) is 0 Å². The minimum absolute atomic E-state index is 0.620.